The van der Waals surface area contributed by atoms with Crippen molar-refractivity contribution in [2.75, 3.05) is 11.9 Å². The molecule has 3 aliphatic heterocycles. The highest BCUT2D eigenvalue weighted by atomic mass is 79.9. The number of hydrogen-bond donors (Lipinski definition) is 0. The predicted molar refractivity (Wildman–Crippen MR) is 93.1 cm³/mol. The third-order valence-electron chi connectivity index (χ3n) is 5.60. The average Bonchev–Trinajstić information content (AvgIpc) is 2.56. The van der Waals surface area contributed by atoms with Gasteiger partial charge in [0.05, 0.1) is 18.3 Å². The second kappa shape index (κ2) is 6.73. The highest BCUT2D eigenvalue weighted by Crippen LogP contribution is 2.54. The fourth-order valence-corrected chi connectivity index (χ4v) is 4.68. The van der Waals surface area contributed by atoms with Crippen LogP contribution in [0.3, 0.4) is 0 Å². The molecular weight excluding hydrogens is 356 g/mol. The smallest absolute Gasteiger partial charge is 0.161 e. The van der Waals surface area contributed by atoms with Gasteiger partial charge in [-0.1, -0.05) is 40.9 Å². The van der Waals surface area contributed by atoms with E-state index in [-0.39, 0.29) is 11.9 Å². The van der Waals surface area contributed by atoms with Crippen molar-refractivity contribution in [2.24, 2.45) is 5.92 Å². The Labute approximate surface area is 146 Å². The third-order valence-corrected chi connectivity index (χ3v) is 6.16. The van der Waals surface area contributed by atoms with Gasteiger partial charge in [0.15, 0.2) is 6.29 Å². The van der Waals surface area contributed by atoms with E-state index in [9.17, 15) is 0 Å². The second-order valence-electron chi connectivity index (χ2n) is 7.08. The molecule has 4 heteroatoms. The Bertz CT molecular complexity index is 518. The fraction of sp³-hybridized carbons (Fsp3) is 0.684. The molecule has 5 rings (SSSR count). The van der Waals surface area contributed by atoms with Crippen LogP contribution in [0.2, 0.25) is 0 Å². The van der Waals surface area contributed by atoms with Crippen molar-refractivity contribution in [1.82, 2.24) is 0 Å². The van der Waals surface area contributed by atoms with Gasteiger partial charge in [0, 0.05) is 17.7 Å². The lowest BCUT2D eigenvalue weighted by Gasteiger charge is -2.61. The van der Waals surface area contributed by atoms with Crippen molar-refractivity contribution in [3.63, 3.8) is 0 Å². The van der Waals surface area contributed by atoms with Crippen LogP contribution in [0.4, 0.5) is 0 Å². The molecule has 23 heavy (non-hydrogen) atoms. The van der Waals surface area contributed by atoms with Crippen LogP contribution in [0.5, 0.6) is 5.75 Å². The number of fused-ring (bicyclic) bond motifs is 1. The largest absolute Gasteiger partial charge is 0.494 e. The third kappa shape index (κ3) is 3.18. The Balaban J connectivity index is 1.38. The van der Waals surface area contributed by atoms with Crippen LogP contribution >= 0.6 is 15.9 Å². The van der Waals surface area contributed by atoms with E-state index >= 15 is 0 Å². The molecule has 0 amide bonds. The summed E-state index contributed by atoms with van der Waals surface area (Å²) in [5.41, 5.74) is 1.50. The Kier molecular flexibility index (Phi) is 4.66. The minimum absolute atomic E-state index is 0.0567. The zero-order chi connectivity index (χ0) is 15.7. The summed E-state index contributed by atoms with van der Waals surface area (Å²) in [7, 11) is 0. The first-order chi connectivity index (χ1) is 11.3. The summed E-state index contributed by atoms with van der Waals surface area (Å²) in [6, 6.07) is 8.54. The van der Waals surface area contributed by atoms with E-state index in [0.717, 1.165) is 36.9 Å². The molecule has 3 saturated heterocycles. The van der Waals surface area contributed by atoms with Gasteiger partial charge in [-0.2, -0.15) is 0 Å². The summed E-state index contributed by atoms with van der Waals surface area (Å²) in [6.07, 6.45) is 8.64. The molecule has 0 N–H and O–H groups in total. The zero-order valence-electron chi connectivity index (χ0n) is 13.5. The number of halogens is 1. The van der Waals surface area contributed by atoms with Crippen LogP contribution in [0.25, 0.3) is 0 Å². The van der Waals surface area contributed by atoms with Crippen molar-refractivity contribution in [1.29, 1.82) is 0 Å². The second-order valence-corrected chi connectivity index (χ2v) is 7.88. The van der Waals surface area contributed by atoms with E-state index in [1.165, 1.54) is 31.2 Å². The summed E-state index contributed by atoms with van der Waals surface area (Å²) in [6.45, 7) is 0.764. The molecule has 1 spiro atoms. The molecule has 1 saturated carbocycles. The van der Waals surface area contributed by atoms with Crippen LogP contribution in [0.15, 0.2) is 24.3 Å². The van der Waals surface area contributed by atoms with Crippen molar-refractivity contribution >= 4 is 15.9 Å². The molecule has 1 aliphatic carbocycles. The summed E-state index contributed by atoms with van der Waals surface area (Å²) in [4.78, 5) is 0. The van der Waals surface area contributed by atoms with E-state index in [1.807, 2.05) is 0 Å². The average molecular weight is 381 g/mol. The van der Waals surface area contributed by atoms with Crippen LogP contribution in [-0.2, 0) is 15.9 Å². The lowest BCUT2D eigenvalue weighted by Crippen LogP contribution is -2.66. The molecule has 126 valence electrons. The first kappa shape index (κ1) is 15.9. The van der Waals surface area contributed by atoms with Crippen LogP contribution in [0, 0.1) is 5.92 Å². The molecule has 4 aliphatic rings. The Morgan fingerprint density at radius 1 is 1.22 bits per heavy atom. The Morgan fingerprint density at radius 3 is 2.83 bits per heavy atom. The molecule has 1 aromatic rings. The molecule has 3 nitrogen and oxygen atoms in total. The highest BCUT2D eigenvalue weighted by molar-refractivity contribution is 9.09. The van der Waals surface area contributed by atoms with Crippen molar-refractivity contribution < 1.29 is 14.2 Å². The minimum atomic E-state index is 0.0567. The normalized spacial score (nSPS) is 35.3. The van der Waals surface area contributed by atoms with Gasteiger partial charge in [0.2, 0.25) is 0 Å². The molecule has 4 fully saturated rings. The number of benzene rings is 1. The van der Waals surface area contributed by atoms with E-state index in [1.54, 1.807) is 0 Å². The van der Waals surface area contributed by atoms with E-state index in [4.69, 9.17) is 14.2 Å². The summed E-state index contributed by atoms with van der Waals surface area (Å²) in [5.74, 6) is 1.54. The topological polar surface area (TPSA) is 27.7 Å². The lowest BCUT2D eigenvalue weighted by atomic mass is 9.65. The standard InChI is InChI=1S/C19H25BrO3/c20-10-3-11-21-15-7-5-14(6-8-15)12-17-16-4-1-2-9-19(16)13-18(22-17)23-19/h5-8,16-18H,1-4,9-13H2. The van der Waals surface area contributed by atoms with E-state index in [0.29, 0.717) is 12.0 Å². The fourth-order valence-electron chi connectivity index (χ4n) is 4.45. The lowest BCUT2D eigenvalue weighted by molar-refractivity contribution is -0.403. The molecule has 0 aromatic heterocycles. The molecule has 2 bridgehead atoms. The van der Waals surface area contributed by atoms with Gasteiger partial charge in [-0.25, -0.2) is 0 Å². The number of hydrogen-bond acceptors (Lipinski definition) is 3. The summed E-state index contributed by atoms with van der Waals surface area (Å²) >= 11 is 3.42. The molecule has 4 unspecified atom stereocenters. The monoisotopic (exact) mass is 380 g/mol. The highest BCUT2D eigenvalue weighted by Gasteiger charge is 2.59. The van der Waals surface area contributed by atoms with E-state index < -0.39 is 0 Å². The summed E-state index contributed by atoms with van der Waals surface area (Å²) < 4.78 is 18.0. The first-order valence-corrected chi connectivity index (χ1v) is 10.0. The van der Waals surface area contributed by atoms with Gasteiger partial charge in [-0.3, -0.25) is 0 Å². The maximum absolute atomic E-state index is 6.17. The number of alkyl halides is 1. The van der Waals surface area contributed by atoms with Gasteiger partial charge in [0.1, 0.15) is 5.75 Å². The first-order valence-electron chi connectivity index (χ1n) is 8.90. The molecule has 3 heterocycles. The summed E-state index contributed by atoms with van der Waals surface area (Å²) in [5, 5.41) is 0.983. The van der Waals surface area contributed by atoms with Crippen LogP contribution < -0.4 is 4.74 Å². The quantitative estimate of drug-likeness (QED) is 0.538. The van der Waals surface area contributed by atoms with Crippen LogP contribution in [-0.4, -0.2) is 29.9 Å². The molecule has 4 atom stereocenters. The maximum Gasteiger partial charge on any atom is 0.161 e. The SMILES string of the molecule is BrCCCOc1ccc(CC2OC3CC4(CCCCC24)O3)cc1. The zero-order valence-corrected chi connectivity index (χ0v) is 15.1. The predicted octanol–water partition coefficient (Wildman–Crippen LogP) is 4.47. The van der Waals surface area contributed by atoms with Crippen LogP contribution in [0.1, 0.15) is 44.1 Å². The van der Waals surface area contributed by atoms with Crippen molar-refractivity contribution in [3.05, 3.63) is 29.8 Å². The van der Waals surface area contributed by atoms with Gasteiger partial charge in [-0.05, 0) is 43.4 Å². The number of rotatable bonds is 6. The number of ether oxygens (including phenoxy) is 3. The van der Waals surface area contributed by atoms with Crippen molar-refractivity contribution in [3.8, 4) is 5.75 Å². The molecular formula is C19H25BrO3. The maximum atomic E-state index is 6.17. The van der Waals surface area contributed by atoms with Gasteiger partial charge < -0.3 is 14.2 Å². The van der Waals surface area contributed by atoms with Gasteiger partial charge in [0.25, 0.3) is 0 Å². The molecule has 1 aromatic carbocycles. The van der Waals surface area contributed by atoms with Crippen molar-refractivity contribution in [2.45, 2.75) is 62.9 Å². The Morgan fingerprint density at radius 2 is 2.04 bits per heavy atom. The Hall–Kier alpha value is -0.580. The van der Waals surface area contributed by atoms with E-state index in [2.05, 4.69) is 40.2 Å². The molecule has 0 radical (unpaired) electrons. The minimum Gasteiger partial charge on any atom is -0.494 e. The van der Waals surface area contributed by atoms with Gasteiger partial charge in [-0.15, -0.1) is 0 Å². The van der Waals surface area contributed by atoms with Gasteiger partial charge >= 0.3 is 0 Å².